The predicted molar refractivity (Wildman–Crippen MR) is 144 cm³/mol. The molecule has 0 aliphatic heterocycles. The van der Waals surface area contributed by atoms with Gasteiger partial charge < -0.3 is 35.6 Å². The Balaban J connectivity index is 3.24. The molecule has 184 valence electrons. The molecule has 0 bridgehead atoms. The number of amides is 2. The van der Waals surface area contributed by atoms with Gasteiger partial charge in [-0.15, -0.1) is 0 Å². The van der Waals surface area contributed by atoms with E-state index in [4.69, 9.17) is 20.3 Å². The van der Waals surface area contributed by atoms with E-state index in [9.17, 15) is 24.3 Å². The van der Waals surface area contributed by atoms with E-state index in [0.717, 1.165) is 0 Å². The Labute approximate surface area is 231 Å². The summed E-state index contributed by atoms with van der Waals surface area (Å²) in [6, 6.07) is 0. The fraction of sp³-hybridized carbons (Fsp3) is 0.474. The van der Waals surface area contributed by atoms with Crippen molar-refractivity contribution in [1.29, 1.82) is 0 Å². The van der Waals surface area contributed by atoms with Gasteiger partial charge in [0.05, 0.1) is 43.2 Å². The molecule has 14 heteroatoms. The topological polar surface area (TPSA) is 168 Å². The van der Waals surface area contributed by atoms with E-state index in [1.165, 1.54) is 25.8 Å². The van der Waals surface area contributed by atoms with Crippen LogP contribution in [0.2, 0.25) is 0 Å². The Bertz CT molecular complexity index is 928. The fourth-order valence-corrected chi connectivity index (χ4v) is 6.71. The normalized spacial score (nSPS) is 12.5. The van der Waals surface area contributed by atoms with Gasteiger partial charge in [-0.2, -0.15) is 0 Å². The Hall–Kier alpha value is -0.990. The summed E-state index contributed by atoms with van der Waals surface area (Å²) in [6.45, 7) is 1.39. The minimum Gasteiger partial charge on any atom is -0.462 e. The van der Waals surface area contributed by atoms with Gasteiger partial charge >= 0.3 is 11.9 Å². The monoisotopic (exact) mass is 803 g/mol. The number of carbonyl (C=O) groups is 4. The lowest BCUT2D eigenvalue weighted by Gasteiger charge is -2.23. The lowest BCUT2D eigenvalue weighted by Crippen LogP contribution is -2.39. The molecule has 1 aromatic rings. The van der Waals surface area contributed by atoms with Crippen LogP contribution in [-0.2, 0) is 19.1 Å². The van der Waals surface area contributed by atoms with Crippen molar-refractivity contribution >= 4 is 97.2 Å². The number of nitrogen functional groups attached to an aromatic ring is 1. The standard InChI is InChI=1S/C19H24I3N3O8/c1-8(27)32-7-11(33-9(2)28)4-24-18(30)12-14(20)13(16(22)17(23)15(12)21)19(31)25(3)5-10(29)6-26/h10-11,26,29H,4-7,23H2,1-3H3,(H,24,30). The molecule has 0 aliphatic carbocycles. The van der Waals surface area contributed by atoms with Crippen molar-refractivity contribution in [3.05, 3.63) is 21.8 Å². The van der Waals surface area contributed by atoms with Crippen LogP contribution in [0.4, 0.5) is 5.69 Å². The van der Waals surface area contributed by atoms with Gasteiger partial charge in [-0.1, -0.05) is 0 Å². The molecule has 0 spiro atoms. The maximum Gasteiger partial charge on any atom is 0.303 e. The van der Waals surface area contributed by atoms with Crippen molar-refractivity contribution in [1.82, 2.24) is 10.2 Å². The SMILES string of the molecule is CC(=O)OCC(CNC(=O)c1c(I)c(N)c(I)c(C(=O)N(C)CC(O)CO)c1I)OC(C)=O. The molecular formula is C19H24I3N3O8. The van der Waals surface area contributed by atoms with Gasteiger partial charge in [0.2, 0.25) is 0 Å². The van der Waals surface area contributed by atoms with Crippen LogP contribution < -0.4 is 11.1 Å². The van der Waals surface area contributed by atoms with E-state index in [1.54, 1.807) is 0 Å². The molecule has 2 unspecified atom stereocenters. The maximum absolute atomic E-state index is 13.0. The number of halogens is 3. The van der Waals surface area contributed by atoms with Crippen LogP contribution in [0.5, 0.6) is 0 Å². The lowest BCUT2D eigenvalue weighted by atomic mass is 10.1. The molecule has 0 radical (unpaired) electrons. The van der Waals surface area contributed by atoms with E-state index in [1.807, 2.05) is 67.8 Å². The number of aliphatic hydroxyl groups is 2. The molecular weight excluding hydrogens is 779 g/mol. The number of rotatable bonds is 10. The molecule has 0 heterocycles. The molecule has 2 amide bonds. The number of esters is 2. The Morgan fingerprint density at radius 3 is 2.15 bits per heavy atom. The van der Waals surface area contributed by atoms with Crippen molar-refractivity contribution in [2.75, 3.05) is 39.1 Å². The molecule has 0 aliphatic rings. The Kier molecular flexibility index (Phi) is 12.5. The molecule has 33 heavy (non-hydrogen) atoms. The zero-order chi connectivity index (χ0) is 25.5. The van der Waals surface area contributed by atoms with Crippen molar-refractivity contribution in [3.8, 4) is 0 Å². The third-order valence-electron chi connectivity index (χ3n) is 4.13. The second-order valence-corrected chi connectivity index (χ2v) is 10.1. The number of likely N-dealkylation sites (N-methyl/N-ethyl adjacent to an activating group) is 1. The molecule has 1 rings (SSSR count). The number of nitrogens with one attached hydrogen (secondary N) is 1. The average molecular weight is 803 g/mol. The lowest BCUT2D eigenvalue weighted by molar-refractivity contribution is -0.155. The minimum atomic E-state index is -1.12. The summed E-state index contributed by atoms with van der Waals surface area (Å²) < 4.78 is 11.1. The van der Waals surface area contributed by atoms with E-state index in [0.29, 0.717) is 10.7 Å². The summed E-state index contributed by atoms with van der Waals surface area (Å²) >= 11 is 5.71. The summed E-state index contributed by atoms with van der Waals surface area (Å²) in [5.41, 5.74) is 6.75. The predicted octanol–water partition coefficient (Wildman–Crippen LogP) is 0.732. The van der Waals surface area contributed by atoms with Crippen LogP contribution in [0.3, 0.4) is 0 Å². The van der Waals surface area contributed by atoms with Crippen LogP contribution in [0.25, 0.3) is 0 Å². The van der Waals surface area contributed by atoms with Gasteiger partial charge in [-0.25, -0.2) is 0 Å². The molecule has 0 saturated heterocycles. The summed E-state index contributed by atoms with van der Waals surface area (Å²) in [6.07, 6.45) is -2.02. The third kappa shape index (κ3) is 8.62. The van der Waals surface area contributed by atoms with Gasteiger partial charge in [0.1, 0.15) is 6.61 Å². The van der Waals surface area contributed by atoms with Crippen molar-refractivity contribution in [3.63, 3.8) is 0 Å². The van der Waals surface area contributed by atoms with Crippen molar-refractivity contribution < 1.29 is 38.9 Å². The smallest absolute Gasteiger partial charge is 0.303 e. The van der Waals surface area contributed by atoms with Gasteiger partial charge in [0.15, 0.2) is 6.10 Å². The summed E-state index contributed by atoms with van der Waals surface area (Å²) in [4.78, 5) is 49.7. The Morgan fingerprint density at radius 1 is 1.06 bits per heavy atom. The number of carbonyl (C=O) groups excluding carboxylic acids is 4. The number of nitrogens with zero attached hydrogens (tertiary/aromatic N) is 1. The average Bonchev–Trinajstić information content (AvgIpc) is 2.73. The van der Waals surface area contributed by atoms with Crippen LogP contribution in [-0.4, -0.2) is 84.4 Å². The van der Waals surface area contributed by atoms with Gasteiger partial charge in [0, 0.05) is 31.0 Å². The van der Waals surface area contributed by atoms with E-state index in [-0.39, 0.29) is 36.5 Å². The molecule has 1 aromatic carbocycles. The highest BCUT2D eigenvalue weighted by atomic mass is 127. The molecule has 0 fully saturated rings. The maximum atomic E-state index is 13.0. The van der Waals surface area contributed by atoms with E-state index in [2.05, 4.69) is 5.32 Å². The van der Waals surface area contributed by atoms with Crippen LogP contribution in [0.1, 0.15) is 34.6 Å². The van der Waals surface area contributed by atoms with Gasteiger partial charge in [-0.05, 0) is 67.8 Å². The summed E-state index contributed by atoms with van der Waals surface area (Å²) in [5.74, 6) is -2.23. The van der Waals surface area contributed by atoms with Crippen LogP contribution >= 0.6 is 67.8 Å². The minimum absolute atomic E-state index is 0.116. The number of anilines is 1. The Morgan fingerprint density at radius 2 is 1.64 bits per heavy atom. The number of hydrogen-bond donors (Lipinski definition) is 4. The fourth-order valence-electron chi connectivity index (χ4n) is 2.59. The molecule has 2 atom stereocenters. The highest BCUT2D eigenvalue weighted by molar-refractivity contribution is 14.1. The van der Waals surface area contributed by atoms with E-state index < -0.39 is 42.6 Å². The molecule has 11 nitrogen and oxygen atoms in total. The first-order chi connectivity index (χ1) is 15.3. The second-order valence-electron chi connectivity index (χ2n) is 6.87. The second kappa shape index (κ2) is 13.8. The van der Waals surface area contributed by atoms with Gasteiger partial charge in [-0.3, -0.25) is 19.2 Å². The highest BCUT2D eigenvalue weighted by Gasteiger charge is 2.29. The summed E-state index contributed by atoms with van der Waals surface area (Å²) in [7, 11) is 1.46. The first kappa shape index (κ1) is 30.0. The van der Waals surface area contributed by atoms with Gasteiger partial charge in [0.25, 0.3) is 11.8 Å². The first-order valence-corrected chi connectivity index (χ1v) is 12.6. The molecule has 0 saturated carbocycles. The third-order valence-corrected chi connectivity index (χ3v) is 7.45. The number of hydrogen-bond acceptors (Lipinski definition) is 9. The zero-order valence-corrected chi connectivity index (χ0v) is 24.5. The first-order valence-electron chi connectivity index (χ1n) is 9.40. The van der Waals surface area contributed by atoms with E-state index >= 15 is 0 Å². The van der Waals surface area contributed by atoms with Crippen LogP contribution in [0, 0.1) is 10.7 Å². The number of nitrogens with two attached hydrogens (primary N) is 1. The largest absolute Gasteiger partial charge is 0.462 e. The highest BCUT2D eigenvalue weighted by Crippen LogP contribution is 2.34. The number of benzene rings is 1. The van der Waals surface area contributed by atoms with Crippen molar-refractivity contribution in [2.45, 2.75) is 26.1 Å². The summed E-state index contributed by atoms with van der Waals surface area (Å²) in [5, 5.41) is 21.3. The zero-order valence-electron chi connectivity index (χ0n) is 18.0. The van der Waals surface area contributed by atoms with Crippen molar-refractivity contribution in [2.24, 2.45) is 0 Å². The number of ether oxygens (including phenoxy) is 2. The number of aliphatic hydroxyl groups excluding tert-OH is 2. The molecule has 5 N–H and O–H groups in total. The molecule has 0 aromatic heterocycles. The quantitative estimate of drug-likeness (QED) is 0.152. The van der Waals surface area contributed by atoms with Crippen LogP contribution in [0.15, 0.2) is 0 Å².